The molecule has 0 aliphatic heterocycles. The number of hydroxylamine groups is 1. The average Bonchev–Trinajstić information content (AvgIpc) is 2.55. The van der Waals surface area contributed by atoms with Crippen molar-refractivity contribution in [2.24, 2.45) is 0 Å². The van der Waals surface area contributed by atoms with E-state index in [1.54, 1.807) is 14.2 Å². The molecule has 0 heterocycles. The van der Waals surface area contributed by atoms with Crippen molar-refractivity contribution in [1.29, 1.82) is 0 Å². The summed E-state index contributed by atoms with van der Waals surface area (Å²) in [6.45, 7) is 0.249. The number of hydrogen-bond acceptors (Lipinski definition) is 4. The highest BCUT2D eigenvalue weighted by molar-refractivity contribution is 5.89. The molecule has 0 unspecified atom stereocenters. The third-order valence-electron chi connectivity index (χ3n) is 4.36. The second kappa shape index (κ2) is 6.71. The first kappa shape index (κ1) is 15.4. The van der Waals surface area contributed by atoms with Crippen molar-refractivity contribution < 1.29 is 23.8 Å². The highest BCUT2D eigenvalue weighted by Crippen LogP contribution is 2.32. The smallest absolute Gasteiger partial charge is 0.477 e. The van der Waals surface area contributed by atoms with Gasteiger partial charge in [0.05, 0.1) is 19.0 Å². The molecule has 0 amide bonds. The lowest BCUT2D eigenvalue weighted by Crippen LogP contribution is -2.32. The zero-order chi connectivity index (χ0) is 16.2. The van der Waals surface area contributed by atoms with Crippen LogP contribution in [0.2, 0.25) is 0 Å². The van der Waals surface area contributed by atoms with Crippen LogP contribution in [-0.4, -0.2) is 31.1 Å². The lowest BCUT2D eigenvalue weighted by molar-refractivity contribution is -0.819. The molecular weight excluding hydrogens is 294 g/mol. The van der Waals surface area contributed by atoms with E-state index in [1.807, 2.05) is 36.4 Å². The van der Waals surface area contributed by atoms with Crippen LogP contribution >= 0.6 is 0 Å². The van der Waals surface area contributed by atoms with Crippen molar-refractivity contribution >= 4 is 16.9 Å². The van der Waals surface area contributed by atoms with Crippen LogP contribution in [-0.2, 0) is 16.2 Å². The number of methoxy groups -OCH3 is 2. The summed E-state index contributed by atoms with van der Waals surface area (Å²) in [5.41, 5.74) is 0.892. The number of ether oxygens (including phenoxy) is 2. The summed E-state index contributed by atoms with van der Waals surface area (Å²) in [5, 5.41) is 2.05. The van der Waals surface area contributed by atoms with E-state index in [4.69, 9.17) is 14.3 Å². The van der Waals surface area contributed by atoms with Crippen LogP contribution in [0, 0.1) is 0 Å². The Morgan fingerprint density at radius 3 is 2.57 bits per heavy atom. The molecule has 5 heteroatoms. The SMILES string of the molecule is COc1ccc2ccc(OC)c(CO[N+](=C=O)C3CCC3)c2c1. The Hall–Kier alpha value is -2.52. The lowest BCUT2D eigenvalue weighted by atomic mass is 9.94. The zero-order valence-corrected chi connectivity index (χ0v) is 13.4. The molecule has 23 heavy (non-hydrogen) atoms. The molecule has 2 aromatic carbocycles. The van der Waals surface area contributed by atoms with Crippen molar-refractivity contribution in [2.45, 2.75) is 31.9 Å². The van der Waals surface area contributed by atoms with Crippen LogP contribution in [0.25, 0.3) is 10.8 Å². The van der Waals surface area contributed by atoms with Gasteiger partial charge in [-0.3, -0.25) is 4.84 Å². The highest BCUT2D eigenvalue weighted by Gasteiger charge is 2.32. The first-order valence-electron chi connectivity index (χ1n) is 7.70. The molecule has 2 aromatic rings. The van der Waals surface area contributed by atoms with E-state index in [2.05, 4.69) is 0 Å². The second-order valence-corrected chi connectivity index (χ2v) is 5.61. The summed E-state index contributed by atoms with van der Waals surface area (Å²) < 4.78 is 12.1. The Balaban J connectivity index is 1.94. The van der Waals surface area contributed by atoms with Gasteiger partial charge >= 0.3 is 6.08 Å². The normalized spacial score (nSPS) is 14.0. The van der Waals surface area contributed by atoms with Gasteiger partial charge in [-0.2, -0.15) is 4.79 Å². The number of rotatable bonds is 6. The van der Waals surface area contributed by atoms with Crippen molar-refractivity contribution in [3.63, 3.8) is 0 Å². The topological polar surface area (TPSA) is 47.8 Å². The first-order valence-corrected chi connectivity index (χ1v) is 7.70. The largest absolute Gasteiger partial charge is 0.497 e. The fraction of sp³-hybridized carbons (Fsp3) is 0.389. The molecule has 0 aromatic heterocycles. The van der Waals surface area contributed by atoms with Crippen LogP contribution in [0.5, 0.6) is 11.5 Å². The minimum absolute atomic E-state index is 0.142. The Labute approximate surface area is 135 Å². The van der Waals surface area contributed by atoms with Crippen molar-refractivity contribution in [3.8, 4) is 11.5 Å². The molecule has 0 radical (unpaired) electrons. The maximum absolute atomic E-state index is 11.1. The van der Waals surface area contributed by atoms with E-state index >= 15 is 0 Å². The number of fused-ring (bicyclic) bond motifs is 1. The van der Waals surface area contributed by atoms with E-state index in [0.29, 0.717) is 0 Å². The van der Waals surface area contributed by atoms with Crippen molar-refractivity contribution in [3.05, 3.63) is 35.9 Å². The quantitative estimate of drug-likeness (QED) is 0.355. The molecular formula is C18H20NO4+. The van der Waals surface area contributed by atoms with E-state index in [1.165, 1.54) is 4.74 Å². The second-order valence-electron chi connectivity index (χ2n) is 5.61. The van der Waals surface area contributed by atoms with Gasteiger partial charge in [0.25, 0.3) is 0 Å². The minimum atomic E-state index is 0.142. The van der Waals surface area contributed by atoms with Crippen LogP contribution < -0.4 is 9.47 Å². The van der Waals surface area contributed by atoms with Gasteiger partial charge in [0.1, 0.15) is 11.5 Å². The third kappa shape index (κ3) is 3.01. The fourth-order valence-corrected chi connectivity index (χ4v) is 2.77. The summed E-state index contributed by atoms with van der Waals surface area (Å²) in [4.78, 5) is 16.8. The van der Waals surface area contributed by atoms with Crippen LogP contribution in [0.1, 0.15) is 24.8 Å². The van der Waals surface area contributed by atoms with Crippen LogP contribution in [0.15, 0.2) is 30.3 Å². The number of benzene rings is 2. The number of carbonyl (C=O) groups excluding carboxylic acids is 1. The molecule has 1 aliphatic carbocycles. The molecule has 0 bridgehead atoms. The first-order chi connectivity index (χ1) is 11.3. The predicted octanol–water partition coefficient (Wildman–Crippen LogP) is 3.19. The van der Waals surface area contributed by atoms with Gasteiger partial charge in [0, 0.05) is 18.4 Å². The fourth-order valence-electron chi connectivity index (χ4n) is 2.77. The number of isocyanates is 1. The Bertz CT molecular complexity index is 756. The molecule has 5 nitrogen and oxygen atoms in total. The molecule has 120 valence electrons. The van der Waals surface area contributed by atoms with Crippen LogP contribution in [0.3, 0.4) is 0 Å². The Morgan fingerprint density at radius 2 is 1.96 bits per heavy atom. The monoisotopic (exact) mass is 314 g/mol. The van der Waals surface area contributed by atoms with Crippen molar-refractivity contribution in [1.82, 2.24) is 0 Å². The lowest BCUT2D eigenvalue weighted by Gasteiger charge is -2.18. The van der Waals surface area contributed by atoms with Gasteiger partial charge in [-0.15, -0.1) is 0 Å². The van der Waals surface area contributed by atoms with Crippen LogP contribution in [0.4, 0.5) is 0 Å². The molecule has 0 N–H and O–H groups in total. The van der Waals surface area contributed by atoms with Gasteiger partial charge in [-0.05, 0) is 35.4 Å². The maximum atomic E-state index is 11.1. The highest BCUT2D eigenvalue weighted by atomic mass is 16.7. The summed E-state index contributed by atoms with van der Waals surface area (Å²) in [6, 6.07) is 9.90. The zero-order valence-electron chi connectivity index (χ0n) is 13.4. The van der Waals surface area contributed by atoms with Gasteiger partial charge in [0.15, 0.2) is 6.61 Å². The van der Waals surface area contributed by atoms with Gasteiger partial charge in [-0.25, -0.2) is 0 Å². The molecule has 0 spiro atoms. The van der Waals surface area contributed by atoms with Gasteiger partial charge in [0.2, 0.25) is 6.04 Å². The molecule has 3 rings (SSSR count). The third-order valence-corrected chi connectivity index (χ3v) is 4.36. The summed E-state index contributed by atoms with van der Waals surface area (Å²) >= 11 is 0. The summed E-state index contributed by atoms with van der Waals surface area (Å²) in [7, 11) is 3.26. The van der Waals surface area contributed by atoms with Gasteiger partial charge in [-0.1, -0.05) is 12.1 Å². The minimum Gasteiger partial charge on any atom is -0.497 e. The molecule has 0 atom stereocenters. The van der Waals surface area contributed by atoms with E-state index in [0.717, 1.165) is 47.1 Å². The van der Waals surface area contributed by atoms with E-state index < -0.39 is 0 Å². The molecule has 1 aliphatic rings. The number of hydrogen-bond donors (Lipinski definition) is 0. The molecule has 1 fully saturated rings. The van der Waals surface area contributed by atoms with Gasteiger partial charge < -0.3 is 9.47 Å². The standard InChI is InChI=1S/C18H20NO4/c1-21-15-8-6-13-7-9-18(22-2)17(16(13)10-15)11-23-19(12-20)14-4-3-5-14/h6-10,14H,3-5,11H2,1-2H3/q+1. The van der Waals surface area contributed by atoms with E-state index in [-0.39, 0.29) is 12.6 Å². The predicted molar refractivity (Wildman–Crippen MR) is 85.4 cm³/mol. The Morgan fingerprint density at radius 1 is 1.17 bits per heavy atom. The summed E-state index contributed by atoms with van der Waals surface area (Å²) in [6.07, 6.45) is 4.94. The number of nitrogens with zero attached hydrogens (tertiary/aromatic N) is 1. The average molecular weight is 314 g/mol. The molecule has 0 saturated heterocycles. The maximum Gasteiger partial charge on any atom is 0.477 e. The molecule has 1 saturated carbocycles. The van der Waals surface area contributed by atoms with E-state index in [9.17, 15) is 4.79 Å². The summed E-state index contributed by atoms with van der Waals surface area (Å²) in [5.74, 6) is 1.50. The van der Waals surface area contributed by atoms with Crippen molar-refractivity contribution in [2.75, 3.05) is 14.2 Å². The Kier molecular flexibility index (Phi) is 4.49.